The fourth-order valence-electron chi connectivity index (χ4n) is 6.78. The topological polar surface area (TPSA) is 211 Å². The number of furan rings is 2. The van der Waals surface area contributed by atoms with Gasteiger partial charge in [0.25, 0.3) is 22.9 Å². The summed E-state index contributed by atoms with van der Waals surface area (Å²) in [6.07, 6.45) is 3.00. The standard InChI is InChI=1S/C22H23N3O5.C11H8ClNO3.C9H12N2O2/c1-3-29-22(28)18-19(15-13-14(2)6-7-16(15)23-20(18)26)24-8-10-25(11-9-24)21(27)17-5-4-12-30-17;1-5-2-3-7-6(4-5)9(12)8(11(15)16)10(14)13-7;12-9(8-2-1-7-13-8)11-5-3-10-4-6-11/h4-7,12-13H,3,8-11H2,1-2H3,(H,23,26);2-4H,1H3,(H,13,14)(H,15,16);1-2,7,10H,3-6H2. The molecule has 0 saturated carbocycles. The van der Waals surface area contributed by atoms with Gasteiger partial charge in [-0.3, -0.25) is 19.2 Å². The van der Waals surface area contributed by atoms with Gasteiger partial charge < -0.3 is 48.7 Å². The zero-order valence-corrected chi connectivity index (χ0v) is 33.4. The number of anilines is 1. The zero-order valence-electron chi connectivity index (χ0n) is 32.6. The maximum atomic E-state index is 12.8. The molecule has 4 N–H and O–H groups in total. The first-order valence-electron chi connectivity index (χ1n) is 18.9. The van der Waals surface area contributed by atoms with Crippen molar-refractivity contribution in [3.63, 3.8) is 0 Å². The molecule has 0 bridgehead atoms. The predicted molar refractivity (Wildman–Crippen MR) is 221 cm³/mol. The molecule has 59 heavy (non-hydrogen) atoms. The van der Waals surface area contributed by atoms with E-state index in [1.165, 1.54) is 12.5 Å². The third-order valence-electron chi connectivity index (χ3n) is 9.69. The van der Waals surface area contributed by atoms with Crippen LogP contribution in [0.25, 0.3) is 21.8 Å². The van der Waals surface area contributed by atoms with Gasteiger partial charge in [-0.1, -0.05) is 34.9 Å². The Kier molecular flexibility index (Phi) is 13.3. The van der Waals surface area contributed by atoms with Crippen molar-refractivity contribution in [3.8, 4) is 0 Å². The van der Waals surface area contributed by atoms with E-state index in [2.05, 4.69) is 15.3 Å². The molecule has 17 heteroatoms. The molecule has 2 aliphatic heterocycles. The number of carboxylic acids is 1. The molecule has 0 spiro atoms. The van der Waals surface area contributed by atoms with Gasteiger partial charge in [0.1, 0.15) is 11.1 Å². The van der Waals surface area contributed by atoms with Crippen LogP contribution in [0.1, 0.15) is 59.9 Å². The molecule has 16 nitrogen and oxygen atoms in total. The lowest BCUT2D eigenvalue weighted by atomic mass is 10.0. The van der Waals surface area contributed by atoms with Crippen molar-refractivity contribution >= 4 is 62.8 Å². The normalized spacial score (nSPS) is 13.9. The van der Waals surface area contributed by atoms with E-state index in [-0.39, 0.29) is 29.0 Å². The van der Waals surface area contributed by atoms with Crippen LogP contribution in [0.4, 0.5) is 5.69 Å². The average Bonchev–Trinajstić information content (AvgIpc) is 3.98. The summed E-state index contributed by atoms with van der Waals surface area (Å²) < 4.78 is 15.4. The Morgan fingerprint density at radius 3 is 1.75 bits per heavy atom. The summed E-state index contributed by atoms with van der Waals surface area (Å²) in [5.74, 6) is -1.42. The second-order valence-corrected chi connectivity index (χ2v) is 14.1. The second kappa shape index (κ2) is 18.7. The summed E-state index contributed by atoms with van der Waals surface area (Å²) in [6.45, 7) is 10.8. The number of esters is 1. The number of ether oxygens (including phenoxy) is 1. The lowest BCUT2D eigenvalue weighted by molar-refractivity contribution is 0.0523. The number of hydrogen-bond acceptors (Lipinski definition) is 11. The number of carboxylic acid groups (broad SMARTS) is 1. The number of carbonyl (C=O) groups is 4. The van der Waals surface area contributed by atoms with E-state index in [0.29, 0.717) is 59.8 Å². The highest BCUT2D eigenvalue weighted by Crippen LogP contribution is 2.30. The number of amides is 2. The number of aromatic amines is 2. The number of aromatic nitrogens is 2. The van der Waals surface area contributed by atoms with Crippen LogP contribution in [-0.4, -0.2) is 108 Å². The number of piperazine rings is 2. The van der Waals surface area contributed by atoms with Crippen molar-refractivity contribution < 1.29 is 37.9 Å². The molecule has 2 saturated heterocycles. The third-order valence-corrected chi connectivity index (χ3v) is 10.1. The highest BCUT2D eigenvalue weighted by Gasteiger charge is 2.30. The Morgan fingerprint density at radius 1 is 0.729 bits per heavy atom. The number of aryl methyl sites for hydroxylation is 2. The van der Waals surface area contributed by atoms with Crippen molar-refractivity contribution in [2.45, 2.75) is 20.8 Å². The summed E-state index contributed by atoms with van der Waals surface area (Å²) in [5, 5.41) is 13.4. The first kappa shape index (κ1) is 42.0. The maximum absolute atomic E-state index is 12.8. The molecule has 0 unspecified atom stereocenters. The van der Waals surface area contributed by atoms with Gasteiger partial charge in [0, 0.05) is 68.6 Å². The number of pyridine rings is 2. The number of rotatable bonds is 6. The number of nitrogens with zero attached hydrogens (tertiary/aromatic N) is 3. The van der Waals surface area contributed by atoms with Crippen molar-refractivity contribution in [1.82, 2.24) is 25.1 Å². The fourth-order valence-corrected chi connectivity index (χ4v) is 7.11. The first-order chi connectivity index (χ1) is 28.4. The summed E-state index contributed by atoms with van der Waals surface area (Å²) >= 11 is 5.91. The van der Waals surface area contributed by atoms with Gasteiger partial charge >= 0.3 is 11.9 Å². The van der Waals surface area contributed by atoms with E-state index in [9.17, 15) is 28.8 Å². The average molecular weight is 827 g/mol. The highest BCUT2D eigenvalue weighted by atomic mass is 35.5. The minimum Gasteiger partial charge on any atom is -0.477 e. The van der Waals surface area contributed by atoms with Crippen molar-refractivity contribution in [3.05, 3.63) is 133 Å². The SMILES string of the molecule is CCOC(=O)c1c(N2CCN(C(=O)c3ccco3)CC2)c2cc(C)ccc2[nH]c1=O.Cc1ccc2[nH]c(=O)c(C(=O)O)c(Cl)c2c1.O=C(c1ccco1)N1CCNCC1. The summed E-state index contributed by atoms with van der Waals surface area (Å²) in [4.78, 5) is 82.7. The number of carbonyl (C=O) groups excluding carboxylic acids is 3. The van der Waals surface area contributed by atoms with Gasteiger partial charge in [-0.25, -0.2) is 9.59 Å². The van der Waals surface area contributed by atoms with E-state index in [1.807, 2.05) is 43.0 Å². The largest absolute Gasteiger partial charge is 0.477 e. The second-order valence-electron chi connectivity index (χ2n) is 13.7. The Hall–Kier alpha value is -6.65. The van der Waals surface area contributed by atoms with Crippen LogP contribution in [0.5, 0.6) is 0 Å². The van der Waals surface area contributed by atoms with Crippen LogP contribution in [0.3, 0.4) is 0 Å². The zero-order chi connectivity index (χ0) is 42.2. The number of benzene rings is 2. The Bertz CT molecular complexity index is 2590. The number of halogens is 1. The van der Waals surface area contributed by atoms with Crippen LogP contribution in [0, 0.1) is 13.8 Å². The quantitative estimate of drug-likeness (QED) is 0.162. The number of fused-ring (bicyclic) bond motifs is 2. The first-order valence-corrected chi connectivity index (χ1v) is 19.3. The molecule has 2 aromatic carbocycles. The van der Waals surface area contributed by atoms with E-state index < -0.39 is 28.6 Å². The van der Waals surface area contributed by atoms with Gasteiger partial charge in [-0.15, -0.1) is 0 Å². The Morgan fingerprint density at radius 2 is 1.24 bits per heavy atom. The molecule has 4 aromatic heterocycles. The molecule has 0 atom stereocenters. The molecule has 6 aromatic rings. The van der Waals surface area contributed by atoms with Crippen LogP contribution < -0.4 is 21.3 Å². The van der Waals surface area contributed by atoms with Crippen molar-refractivity contribution in [2.24, 2.45) is 0 Å². The monoisotopic (exact) mass is 826 g/mol. The molecule has 308 valence electrons. The smallest absolute Gasteiger partial charge is 0.345 e. The summed E-state index contributed by atoms with van der Waals surface area (Å²) in [7, 11) is 0. The predicted octanol–water partition coefficient (Wildman–Crippen LogP) is 5.08. The molecule has 6 heterocycles. The Balaban J connectivity index is 0.000000168. The minimum atomic E-state index is -1.32. The summed E-state index contributed by atoms with van der Waals surface area (Å²) in [6, 6.07) is 17.7. The minimum absolute atomic E-state index is 0.000705. The molecule has 8 rings (SSSR count). The van der Waals surface area contributed by atoms with Crippen LogP contribution >= 0.6 is 11.6 Å². The number of aromatic carboxylic acids is 1. The van der Waals surface area contributed by atoms with Crippen LogP contribution in [-0.2, 0) is 4.74 Å². The molecule has 2 aliphatic rings. The third kappa shape index (κ3) is 9.56. The highest BCUT2D eigenvalue weighted by molar-refractivity contribution is 6.38. The molecular weight excluding hydrogens is 784 g/mol. The van der Waals surface area contributed by atoms with E-state index in [4.69, 9.17) is 30.3 Å². The lowest BCUT2D eigenvalue weighted by Gasteiger charge is -2.36. The lowest BCUT2D eigenvalue weighted by Crippen LogP contribution is -2.49. The molecule has 2 fully saturated rings. The maximum Gasteiger partial charge on any atom is 0.345 e. The van der Waals surface area contributed by atoms with Crippen molar-refractivity contribution in [2.75, 3.05) is 63.9 Å². The van der Waals surface area contributed by atoms with Gasteiger partial charge in [-0.05, 0) is 69.3 Å². The number of H-pyrrole nitrogens is 2. The number of nitrogens with one attached hydrogen (secondary N) is 3. The van der Waals surface area contributed by atoms with Gasteiger partial charge in [0.15, 0.2) is 11.5 Å². The molecular formula is C42H43ClN6O10. The van der Waals surface area contributed by atoms with Crippen molar-refractivity contribution in [1.29, 1.82) is 0 Å². The van der Waals surface area contributed by atoms with Crippen LogP contribution in [0.15, 0.2) is 91.6 Å². The molecule has 0 aliphatic carbocycles. The van der Waals surface area contributed by atoms with E-state index >= 15 is 0 Å². The fraction of sp³-hybridized carbons (Fsp3) is 0.286. The van der Waals surface area contributed by atoms with Gasteiger partial charge in [0.05, 0.1) is 35.4 Å². The number of hydrogen-bond donors (Lipinski definition) is 4. The van der Waals surface area contributed by atoms with Crippen LogP contribution in [0.2, 0.25) is 5.02 Å². The Labute approximate surface area is 342 Å². The van der Waals surface area contributed by atoms with Gasteiger partial charge in [0.2, 0.25) is 0 Å². The van der Waals surface area contributed by atoms with E-state index in [0.717, 1.165) is 42.7 Å². The van der Waals surface area contributed by atoms with E-state index in [1.54, 1.807) is 53.1 Å². The van der Waals surface area contributed by atoms with Gasteiger partial charge in [-0.2, -0.15) is 0 Å². The molecule has 0 radical (unpaired) electrons. The molecule has 2 amide bonds. The summed E-state index contributed by atoms with van der Waals surface area (Å²) in [5.41, 5.74) is 2.12.